The first-order chi connectivity index (χ1) is 13.2. The molecule has 0 radical (unpaired) electrons. The van der Waals surface area contributed by atoms with Crippen molar-refractivity contribution >= 4 is 35.1 Å². The molecule has 2 rings (SSSR count). The molecule has 1 amide bonds. The molecule has 0 heterocycles. The summed E-state index contributed by atoms with van der Waals surface area (Å²) in [6.45, 7) is 8.08. The van der Waals surface area contributed by atoms with Crippen molar-refractivity contribution in [1.29, 1.82) is 0 Å². The van der Waals surface area contributed by atoms with Gasteiger partial charge >= 0.3 is 5.97 Å². The second-order valence-electron chi connectivity index (χ2n) is 7.32. The average molecular weight is 422 g/mol. The predicted molar refractivity (Wildman–Crippen MR) is 113 cm³/mol. The molecule has 1 N–H and O–H groups in total. The molecule has 2 aromatic carbocycles. The summed E-state index contributed by atoms with van der Waals surface area (Å²) in [5, 5.41) is 3.38. The number of halogens is 2. The lowest BCUT2D eigenvalue weighted by Crippen LogP contribution is -2.45. The SMILES string of the molecule is CC(C)c1ccc(COC(=O)[C@@H](NC(=O)c2ccc(Cl)cc2Cl)C(C)C)cc1. The normalized spacial score (nSPS) is 12.1. The second-order valence-corrected chi connectivity index (χ2v) is 8.17. The fraction of sp³-hybridized carbons (Fsp3) is 0.364. The summed E-state index contributed by atoms with van der Waals surface area (Å²) in [5.41, 5.74) is 2.38. The van der Waals surface area contributed by atoms with Gasteiger partial charge in [-0.3, -0.25) is 4.79 Å². The summed E-state index contributed by atoms with van der Waals surface area (Å²) in [7, 11) is 0. The third-order valence-corrected chi connectivity index (χ3v) is 4.96. The number of carbonyl (C=O) groups is 2. The van der Waals surface area contributed by atoms with Crippen molar-refractivity contribution in [2.45, 2.75) is 46.3 Å². The van der Waals surface area contributed by atoms with Crippen LogP contribution in [0.2, 0.25) is 10.0 Å². The number of amides is 1. The number of esters is 1. The first-order valence-electron chi connectivity index (χ1n) is 9.20. The van der Waals surface area contributed by atoms with Gasteiger partial charge in [0.1, 0.15) is 12.6 Å². The quantitative estimate of drug-likeness (QED) is 0.590. The lowest BCUT2D eigenvalue weighted by atomic mass is 10.0. The molecule has 0 spiro atoms. The minimum absolute atomic E-state index is 0.147. The van der Waals surface area contributed by atoms with Crippen LogP contribution in [0, 0.1) is 5.92 Å². The molecule has 0 unspecified atom stereocenters. The maximum Gasteiger partial charge on any atom is 0.329 e. The fourth-order valence-electron chi connectivity index (χ4n) is 2.63. The van der Waals surface area contributed by atoms with Gasteiger partial charge in [0.15, 0.2) is 0 Å². The van der Waals surface area contributed by atoms with Crippen molar-refractivity contribution in [2.24, 2.45) is 5.92 Å². The van der Waals surface area contributed by atoms with E-state index in [0.29, 0.717) is 10.9 Å². The summed E-state index contributed by atoms with van der Waals surface area (Å²) in [5.74, 6) is -0.636. The van der Waals surface area contributed by atoms with Gasteiger partial charge in [0.25, 0.3) is 5.91 Å². The highest BCUT2D eigenvalue weighted by Gasteiger charge is 2.27. The Bertz CT molecular complexity index is 832. The Hall–Kier alpha value is -2.04. The first kappa shape index (κ1) is 22.3. The van der Waals surface area contributed by atoms with Crippen molar-refractivity contribution in [3.05, 3.63) is 69.2 Å². The van der Waals surface area contributed by atoms with Crippen LogP contribution in [0.25, 0.3) is 0 Å². The topological polar surface area (TPSA) is 55.4 Å². The van der Waals surface area contributed by atoms with Gasteiger partial charge in [-0.2, -0.15) is 0 Å². The summed E-state index contributed by atoms with van der Waals surface area (Å²) in [6, 6.07) is 11.7. The number of ether oxygens (including phenoxy) is 1. The van der Waals surface area contributed by atoms with E-state index < -0.39 is 17.9 Å². The van der Waals surface area contributed by atoms with E-state index in [4.69, 9.17) is 27.9 Å². The maximum absolute atomic E-state index is 12.5. The first-order valence-corrected chi connectivity index (χ1v) is 9.96. The number of carbonyl (C=O) groups excluding carboxylic acids is 2. The van der Waals surface area contributed by atoms with Crippen molar-refractivity contribution in [3.63, 3.8) is 0 Å². The fourth-order valence-corrected chi connectivity index (χ4v) is 3.13. The number of rotatable bonds is 7. The van der Waals surface area contributed by atoms with Crippen LogP contribution >= 0.6 is 23.2 Å². The molecule has 28 heavy (non-hydrogen) atoms. The number of hydrogen-bond donors (Lipinski definition) is 1. The molecular formula is C22H25Cl2NO3. The summed E-state index contributed by atoms with van der Waals surface area (Å²) >= 11 is 11.9. The highest BCUT2D eigenvalue weighted by molar-refractivity contribution is 6.36. The van der Waals surface area contributed by atoms with E-state index in [2.05, 4.69) is 19.2 Å². The Kier molecular flexibility index (Phi) is 7.90. The molecule has 0 aliphatic carbocycles. The lowest BCUT2D eigenvalue weighted by molar-refractivity contribution is -0.148. The summed E-state index contributed by atoms with van der Waals surface area (Å²) < 4.78 is 5.43. The smallest absolute Gasteiger partial charge is 0.329 e. The van der Waals surface area contributed by atoms with Crippen molar-refractivity contribution in [3.8, 4) is 0 Å². The largest absolute Gasteiger partial charge is 0.459 e. The van der Waals surface area contributed by atoms with Crippen molar-refractivity contribution in [2.75, 3.05) is 0 Å². The number of hydrogen-bond acceptors (Lipinski definition) is 3. The van der Waals surface area contributed by atoms with Gasteiger partial charge in [0.2, 0.25) is 0 Å². The summed E-state index contributed by atoms with van der Waals surface area (Å²) in [6.07, 6.45) is 0. The molecule has 4 nitrogen and oxygen atoms in total. The van der Waals surface area contributed by atoms with Crippen LogP contribution in [0.1, 0.15) is 55.1 Å². The zero-order valence-electron chi connectivity index (χ0n) is 16.5. The van der Waals surface area contributed by atoms with E-state index in [1.165, 1.54) is 17.7 Å². The molecule has 0 saturated heterocycles. The third-order valence-electron chi connectivity index (χ3n) is 4.41. The van der Waals surface area contributed by atoms with Crippen LogP contribution in [0.15, 0.2) is 42.5 Å². The monoisotopic (exact) mass is 421 g/mol. The van der Waals surface area contributed by atoms with E-state index in [1.54, 1.807) is 6.07 Å². The van der Waals surface area contributed by atoms with Crippen LogP contribution in [-0.4, -0.2) is 17.9 Å². The van der Waals surface area contributed by atoms with Gasteiger partial charge in [-0.05, 0) is 41.2 Å². The van der Waals surface area contributed by atoms with Crippen LogP contribution in [0.5, 0.6) is 0 Å². The van der Waals surface area contributed by atoms with Gasteiger partial charge in [-0.25, -0.2) is 4.79 Å². The van der Waals surface area contributed by atoms with Crippen LogP contribution in [-0.2, 0) is 16.1 Å². The van der Waals surface area contributed by atoms with Gasteiger partial charge < -0.3 is 10.1 Å². The Labute approximate surface area is 176 Å². The van der Waals surface area contributed by atoms with Gasteiger partial charge in [-0.1, -0.05) is 75.2 Å². The highest BCUT2D eigenvalue weighted by atomic mass is 35.5. The number of benzene rings is 2. The molecular weight excluding hydrogens is 397 g/mol. The van der Waals surface area contributed by atoms with E-state index in [-0.39, 0.29) is 23.1 Å². The third kappa shape index (κ3) is 5.98. The molecule has 0 aliphatic rings. The van der Waals surface area contributed by atoms with Gasteiger partial charge in [0.05, 0.1) is 10.6 Å². The highest BCUT2D eigenvalue weighted by Crippen LogP contribution is 2.21. The zero-order valence-corrected chi connectivity index (χ0v) is 18.0. The molecule has 2 aromatic rings. The zero-order chi connectivity index (χ0) is 20.8. The molecule has 0 fully saturated rings. The van der Waals surface area contributed by atoms with E-state index >= 15 is 0 Å². The Morgan fingerprint density at radius 2 is 1.64 bits per heavy atom. The summed E-state index contributed by atoms with van der Waals surface area (Å²) in [4.78, 5) is 25.1. The lowest BCUT2D eigenvalue weighted by Gasteiger charge is -2.21. The minimum atomic E-state index is -0.783. The Morgan fingerprint density at radius 1 is 1.00 bits per heavy atom. The van der Waals surface area contributed by atoms with Gasteiger partial charge in [-0.15, -0.1) is 0 Å². The number of nitrogens with one attached hydrogen (secondary N) is 1. The molecule has 150 valence electrons. The molecule has 6 heteroatoms. The molecule has 1 atom stereocenters. The van der Waals surface area contributed by atoms with Crippen LogP contribution < -0.4 is 5.32 Å². The molecule has 0 aromatic heterocycles. The predicted octanol–water partition coefficient (Wildman–Crippen LogP) is 5.61. The second kappa shape index (κ2) is 9.94. The van der Waals surface area contributed by atoms with Gasteiger partial charge in [0, 0.05) is 5.02 Å². The van der Waals surface area contributed by atoms with Crippen LogP contribution in [0.3, 0.4) is 0 Å². The van der Waals surface area contributed by atoms with E-state index in [1.807, 2.05) is 38.1 Å². The van der Waals surface area contributed by atoms with Crippen molar-refractivity contribution < 1.29 is 14.3 Å². The Morgan fingerprint density at radius 3 is 2.18 bits per heavy atom. The standard InChI is InChI=1S/C22H25Cl2NO3/c1-13(2)16-7-5-15(6-8-16)12-28-22(27)20(14(3)4)25-21(26)18-10-9-17(23)11-19(18)24/h5-11,13-14,20H,12H2,1-4H3,(H,25,26)/t20-/m0/s1. The Balaban J connectivity index is 2.02. The molecule has 0 aliphatic heterocycles. The molecule has 0 bridgehead atoms. The van der Waals surface area contributed by atoms with Crippen molar-refractivity contribution in [1.82, 2.24) is 5.32 Å². The van der Waals surface area contributed by atoms with E-state index in [9.17, 15) is 9.59 Å². The maximum atomic E-state index is 12.5. The van der Waals surface area contributed by atoms with Crippen LogP contribution in [0.4, 0.5) is 0 Å². The van der Waals surface area contributed by atoms with E-state index in [0.717, 1.165) is 5.56 Å². The minimum Gasteiger partial charge on any atom is -0.459 e. The molecule has 0 saturated carbocycles. The average Bonchev–Trinajstić information content (AvgIpc) is 2.64.